The van der Waals surface area contributed by atoms with Crippen molar-refractivity contribution in [2.45, 2.75) is 37.6 Å². The molecule has 2 heterocycles. The second-order valence-electron chi connectivity index (χ2n) is 5.41. The van der Waals surface area contributed by atoms with E-state index in [-0.39, 0.29) is 5.92 Å². The summed E-state index contributed by atoms with van der Waals surface area (Å²) >= 11 is 7.68. The maximum Gasteiger partial charge on any atom is 0.237 e. The van der Waals surface area contributed by atoms with Crippen molar-refractivity contribution in [1.29, 1.82) is 0 Å². The van der Waals surface area contributed by atoms with Crippen LogP contribution in [0.3, 0.4) is 0 Å². The lowest BCUT2D eigenvalue weighted by molar-refractivity contribution is 0.382. The van der Waals surface area contributed by atoms with Gasteiger partial charge in [-0.15, -0.1) is 10.2 Å². The van der Waals surface area contributed by atoms with Gasteiger partial charge in [0, 0.05) is 10.9 Å². The highest BCUT2D eigenvalue weighted by Gasteiger charge is 2.13. The monoisotopic (exact) mass is 349 g/mol. The standard InChI is InChI=1S/C15H16ClN5OS/c1-9(2)14-18-13(22-20-14)7-23-15-19-17-8-21(15)11-5-4-10(3)12(16)6-11/h4-6,8-9H,7H2,1-3H3. The third kappa shape index (κ3) is 3.56. The van der Waals surface area contributed by atoms with Gasteiger partial charge in [0.1, 0.15) is 6.33 Å². The molecule has 0 fully saturated rings. The largest absolute Gasteiger partial charge is 0.338 e. The third-order valence-electron chi connectivity index (χ3n) is 3.28. The number of benzene rings is 1. The molecule has 6 nitrogen and oxygen atoms in total. The van der Waals surface area contributed by atoms with E-state index in [1.807, 2.05) is 43.5 Å². The molecule has 1 aromatic carbocycles. The molecule has 0 aliphatic carbocycles. The summed E-state index contributed by atoms with van der Waals surface area (Å²) in [5, 5.41) is 13.5. The predicted molar refractivity (Wildman–Crippen MR) is 89.1 cm³/mol. The number of rotatable bonds is 5. The van der Waals surface area contributed by atoms with Crippen molar-refractivity contribution < 1.29 is 4.52 Å². The minimum absolute atomic E-state index is 0.246. The molecule has 0 bridgehead atoms. The summed E-state index contributed by atoms with van der Waals surface area (Å²) in [4.78, 5) is 4.36. The fraction of sp³-hybridized carbons (Fsp3) is 0.333. The first-order valence-electron chi connectivity index (χ1n) is 7.16. The van der Waals surface area contributed by atoms with Gasteiger partial charge in [0.2, 0.25) is 5.89 Å². The molecule has 0 aliphatic rings. The van der Waals surface area contributed by atoms with Crippen LogP contribution in [0.2, 0.25) is 5.02 Å². The predicted octanol–water partition coefficient (Wildman–Crippen LogP) is 4.03. The quantitative estimate of drug-likeness (QED) is 0.648. The highest BCUT2D eigenvalue weighted by molar-refractivity contribution is 7.98. The van der Waals surface area contributed by atoms with Crippen LogP contribution in [-0.4, -0.2) is 24.9 Å². The molecule has 2 aromatic heterocycles. The van der Waals surface area contributed by atoms with Crippen molar-refractivity contribution in [1.82, 2.24) is 24.9 Å². The maximum absolute atomic E-state index is 6.19. The van der Waals surface area contributed by atoms with E-state index < -0.39 is 0 Å². The first-order valence-corrected chi connectivity index (χ1v) is 8.53. The highest BCUT2D eigenvalue weighted by Crippen LogP contribution is 2.25. The van der Waals surface area contributed by atoms with Gasteiger partial charge in [0.05, 0.1) is 11.4 Å². The molecule has 120 valence electrons. The van der Waals surface area contributed by atoms with Crippen LogP contribution >= 0.6 is 23.4 Å². The van der Waals surface area contributed by atoms with Crippen LogP contribution in [-0.2, 0) is 5.75 Å². The fourth-order valence-corrected chi connectivity index (χ4v) is 2.86. The lowest BCUT2D eigenvalue weighted by Crippen LogP contribution is -1.96. The number of thioether (sulfide) groups is 1. The van der Waals surface area contributed by atoms with E-state index in [9.17, 15) is 0 Å². The first-order chi connectivity index (χ1) is 11.0. The molecule has 0 saturated heterocycles. The smallest absolute Gasteiger partial charge is 0.237 e. The number of hydrogen-bond donors (Lipinski definition) is 0. The Balaban J connectivity index is 1.76. The maximum atomic E-state index is 6.19. The average molecular weight is 350 g/mol. The summed E-state index contributed by atoms with van der Waals surface area (Å²) in [6.07, 6.45) is 1.66. The summed E-state index contributed by atoms with van der Waals surface area (Å²) in [6, 6.07) is 5.85. The Bertz CT molecular complexity index is 814. The number of halogens is 1. The number of hydrogen-bond acceptors (Lipinski definition) is 6. The van der Waals surface area contributed by atoms with Gasteiger partial charge in [-0.1, -0.05) is 48.4 Å². The van der Waals surface area contributed by atoms with Crippen molar-refractivity contribution in [3.63, 3.8) is 0 Å². The van der Waals surface area contributed by atoms with E-state index in [1.165, 1.54) is 11.8 Å². The lowest BCUT2D eigenvalue weighted by Gasteiger charge is -2.07. The molecule has 0 N–H and O–H groups in total. The Morgan fingerprint density at radius 3 is 2.87 bits per heavy atom. The highest BCUT2D eigenvalue weighted by atomic mass is 35.5. The van der Waals surface area contributed by atoms with Crippen LogP contribution in [0.15, 0.2) is 34.2 Å². The second-order valence-corrected chi connectivity index (χ2v) is 6.76. The van der Waals surface area contributed by atoms with E-state index in [2.05, 4.69) is 20.3 Å². The summed E-state index contributed by atoms with van der Waals surface area (Å²) in [5.41, 5.74) is 1.95. The van der Waals surface area contributed by atoms with Crippen LogP contribution in [0, 0.1) is 6.92 Å². The second kappa shape index (κ2) is 6.72. The van der Waals surface area contributed by atoms with Gasteiger partial charge in [0.25, 0.3) is 0 Å². The summed E-state index contributed by atoms with van der Waals surface area (Å²) < 4.78 is 7.13. The molecule has 3 rings (SSSR count). The molecular weight excluding hydrogens is 334 g/mol. The molecular formula is C15H16ClN5OS. The normalized spacial score (nSPS) is 11.3. The van der Waals surface area contributed by atoms with Gasteiger partial charge in [0.15, 0.2) is 11.0 Å². The van der Waals surface area contributed by atoms with E-state index in [0.717, 1.165) is 16.4 Å². The summed E-state index contributed by atoms with van der Waals surface area (Å²) in [7, 11) is 0. The first kappa shape index (κ1) is 16.0. The van der Waals surface area contributed by atoms with Crippen LogP contribution in [0.4, 0.5) is 0 Å². The number of aromatic nitrogens is 5. The topological polar surface area (TPSA) is 69.6 Å². The lowest BCUT2D eigenvalue weighted by atomic mass is 10.2. The van der Waals surface area contributed by atoms with Crippen molar-refractivity contribution >= 4 is 23.4 Å². The Kier molecular flexibility index (Phi) is 4.68. The fourth-order valence-electron chi connectivity index (χ4n) is 1.92. The zero-order chi connectivity index (χ0) is 16.4. The van der Waals surface area contributed by atoms with Crippen LogP contribution in [0.25, 0.3) is 5.69 Å². The zero-order valence-corrected chi connectivity index (χ0v) is 14.6. The minimum Gasteiger partial charge on any atom is -0.338 e. The number of nitrogens with zero attached hydrogens (tertiary/aromatic N) is 5. The van der Waals surface area contributed by atoms with Crippen molar-refractivity contribution in [2.75, 3.05) is 0 Å². The van der Waals surface area contributed by atoms with Crippen LogP contribution in [0.5, 0.6) is 0 Å². The van der Waals surface area contributed by atoms with Gasteiger partial charge in [-0.25, -0.2) is 0 Å². The van der Waals surface area contributed by atoms with E-state index in [4.69, 9.17) is 16.1 Å². The molecule has 0 aliphatic heterocycles. The Morgan fingerprint density at radius 1 is 1.35 bits per heavy atom. The van der Waals surface area contributed by atoms with Gasteiger partial charge >= 0.3 is 0 Å². The van der Waals surface area contributed by atoms with Crippen molar-refractivity contribution in [2.24, 2.45) is 0 Å². The zero-order valence-electron chi connectivity index (χ0n) is 13.0. The van der Waals surface area contributed by atoms with Gasteiger partial charge in [-0.05, 0) is 24.6 Å². The molecule has 0 radical (unpaired) electrons. The van der Waals surface area contributed by atoms with Crippen molar-refractivity contribution in [3.8, 4) is 5.69 Å². The third-order valence-corrected chi connectivity index (χ3v) is 4.61. The van der Waals surface area contributed by atoms with Crippen molar-refractivity contribution in [3.05, 3.63) is 46.8 Å². The summed E-state index contributed by atoms with van der Waals surface area (Å²) in [5.74, 6) is 2.08. The Hall–Kier alpha value is -1.86. The van der Waals surface area contributed by atoms with Crippen LogP contribution in [0.1, 0.15) is 37.0 Å². The average Bonchev–Trinajstić information content (AvgIpc) is 3.16. The molecule has 0 spiro atoms. The number of aryl methyl sites for hydroxylation is 1. The van der Waals surface area contributed by atoms with E-state index >= 15 is 0 Å². The molecule has 0 saturated carbocycles. The SMILES string of the molecule is Cc1ccc(-n2cnnc2SCc2nc(C(C)C)no2)cc1Cl. The van der Waals surface area contributed by atoms with E-state index in [0.29, 0.717) is 22.5 Å². The van der Waals surface area contributed by atoms with Gasteiger partial charge in [-0.2, -0.15) is 4.98 Å². The minimum atomic E-state index is 0.246. The van der Waals surface area contributed by atoms with Gasteiger partial charge in [-0.3, -0.25) is 4.57 Å². The molecule has 23 heavy (non-hydrogen) atoms. The Morgan fingerprint density at radius 2 is 2.17 bits per heavy atom. The molecule has 3 aromatic rings. The van der Waals surface area contributed by atoms with E-state index in [1.54, 1.807) is 6.33 Å². The van der Waals surface area contributed by atoms with Crippen LogP contribution < -0.4 is 0 Å². The van der Waals surface area contributed by atoms with Gasteiger partial charge < -0.3 is 4.52 Å². The Labute approximate surface area is 143 Å². The molecule has 0 amide bonds. The molecule has 0 atom stereocenters. The summed E-state index contributed by atoms with van der Waals surface area (Å²) in [6.45, 7) is 6.02. The molecule has 8 heteroatoms. The molecule has 0 unspecified atom stereocenters.